The lowest BCUT2D eigenvalue weighted by molar-refractivity contribution is -0.385. The second-order valence-corrected chi connectivity index (χ2v) is 7.29. The molecule has 0 radical (unpaired) electrons. The Labute approximate surface area is 167 Å². The van der Waals surface area contributed by atoms with Crippen molar-refractivity contribution < 1.29 is 14.5 Å². The van der Waals surface area contributed by atoms with E-state index in [1.54, 1.807) is 20.2 Å². The second kappa shape index (κ2) is 7.98. The lowest BCUT2D eigenvalue weighted by Gasteiger charge is -2.42. The summed E-state index contributed by atoms with van der Waals surface area (Å²) in [5.41, 5.74) is 1.17. The molecule has 0 N–H and O–H groups in total. The van der Waals surface area contributed by atoms with Crippen molar-refractivity contribution in [3.63, 3.8) is 0 Å². The summed E-state index contributed by atoms with van der Waals surface area (Å²) in [5.74, 6) is -0.431. The fourth-order valence-corrected chi connectivity index (χ4v) is 3.65. The third-order valence-corrected chi connectivity index (χ3v) is 5.36. The van der Waals surface area contributed by atoms with Gasteiger partial charge in [0, 0.05) is 43.6 Å². The highest BCUT2D eigenvalue weighted by Crippen LogP contribution is 2.28. The summed E-state index contributed by atoms with van der Waals surface area (Å²) in [6.07, 6.45) is 0.469. The molecule has 0 aliphatic carbocycles. The number of carbonyl (C=O) groups excluding carboxylic acids is 2. The summed E-state index contributed by atoms with van der Waals surface area (Å²) in [6, 6.07) is 12.4. The number of nitrogens with zero attached hydrogens (tertiary/aromatic N) is 3. The molecule has 7 nitrogen and oxygen atoms in total. The minimum absolute atomic E-state index is 0.0525. The lowest BCUT2D eigenvalue weighted by Crippen LogP contribution is -2.63. The Morgan fingerprint density at radius 1 is 0.964 bits per heavy atom. The number of rotatable bonds is 5. The molecule has 146 valence electrons. The van der Waals surface area contributed by atoms with E-state index in [9.17, 15) is 19.7 Å². The SMILES string of the molecule is CN1C(=O)C(Cc2ccc(Cl)cc2[N+](=O)[O-])N(C)C(=O)C1Cc1ccccc1. The van der Waals surface area contributed by atoms with Crippen molar-refractivity contribution >= 4 is 29.1 Å². The van der Waals surface area contributed by atoms with E-state index in [1.807, 2.05) is 30.3 Å². The number of halogens is 1. The van der Waals surface area contributed by atoms with Gasteiger partial charge in [-0.25, -0.2) is 0 Å². The van der Waals surface area contributed by atoms with E-state index in [0.29, 0.717) is 12.0 Å². The smallest absolute Gasteiger partial charge is 0.274 e. The number of hydrogen-bond donors (Lipinski definition) is 0. The second-order valence-electron chi connectivity index (χ2n) is 6.85. The van der Waals surface area contributed by atoms with Crippen LogP contribution in [-0.4, -0.2) is 52.7 Å². The molecule has 2 atom stereocenters. The normalized spacial score (nSPS) is 19.8. The van der Waals surface area contributed by atoms with E-state index < -0.39 is 17.0 Å². The molecule has 1 fully saturated rings. The first-order valence-electron chi connectivity index (χ1n) is 8.79. The molecule has 1 aliphatic heterocycles. The summed E-state index contributed by atoms with van der Waals surface area (Å²) in [6.45, 7) is 0. The number of benzene rings is 2. The van der Waals surface area contributed by atoms with Crippen molar-refractivity contribution in [2.24, 2.45) is 0 Å². The van der Waals surface area contributed by atoms with Crippen LogP contribution >= 0.6 is 11.6 Å². The van der Waals surface area contributed by atoms with Crippen molar-refractivity contribution in [2.75, 3.05) is 14.1 Å². The van der Waals surface area contributed by atoms with Gasteiger partial charge in [0.1, 0.15) is 12.1 Å². The molecule has 3 rings (SSSR count). The van der Waals surface area contributed by atoms with Gasteiger partial charge in [0.05, 0.1) is 4.92 Å². The van der Waals surface area contributed by atoms with E-state index in [-0.39, 0.29) is 28.9 Å². The van der Waals surface area contributed by atoms with Gasteiger partial charge in [-0.05, 0) is 11.6 Å². The van der Waals surface area contributed by atoms with Crippen LogP contribution in [0.25, 0.3) is 0 Å². The molecule has 1 aliphatic rings. The van der Waals surface area contributed by atoms with Crippen LogP contribution < -0.4 is 0 Å². The maximum Gasteiger partial charge on any atom is 0.274 e. The van der Waals surface area contributed by atoms with Crippen molar-refractivity contribution in [1.29, 1.82) is 0 Å². The Morgan fingerprint density at radius 2 is 1.54 bits per heavy atom. The molecule has 0 bridgehead atoms. The molecule has 0 saturated carbocycles. The Morgan fingerprint density at radius 3 is 2.11 bits per heavy atom. The summed E-state index contributed by atoms with van der Waals surface area (Å²) in [5, 5.41) is 11.6. The first-order chi connectivity index (χ1) is 13.3. The van der Waals surface area contributed by atoms with Crippen molar-refractivity contribution in [3.05, 3.63) is 74.8 Å². The largest absolute Gasteiger partial charge is 0.332 e. The van der Waals surface area contributed by atoms with E-state index in [0.717, 1.165) is 5.56 Å². The third-order valence-electron chi connectivity index (χ3n) is 5.13. The van der Waals surface area contributed by atoms with Crippen LogP contribution in [0.15, 0.2) is 48.5 Å². The Hall–Kier alpha value is -2.93. The van der Waals surface area contributed by atoms with E-state index in [2.05, 4.69) is 0 Å². The van der Waals surface area contributed by atoms with Crippen molar-refractivity contribution in [3.8, 4) is 0 Å². The molecule has 2 aromatic rings. The standard InChI is InChI=1S/C20H20ClN3O4/c1-22-17(10-13-6-4-3-5-7-13)19(25)23(2)18(20(22)26)11-14-8-9-15(21)12-16(14)24(27)28/h3-9,12,17-18H,10-11H2,1-2H3. The van der Waals surface area contributed by atoms with Gasteiger partial charge >= 0.3 is 0 Å². The summed E-state index contributed by atoms with van der Waals surface area (Å²) in [7, 11) is 3.17. The Balaban J connectivity index is 1.85. The minimum Gasteiger partial charge on any atom is -0.332 e. The summed E-state index contributed by atoms with van der Waals surface area (Å²) >= 11 is 5.86. The highest BCUT2D eigenvalue weighted by Gasteiger charge is 2.43. The van der Waals surface area contributed by atoms with E-state index in [1.165, 1.54) is 21.9 Å². The summed E-state index contributed by atoms with van der Waals surface area (Å²) in [4.78, 5) is 39.6. The first kappa shape index (κ1) is 19.8. The van der Waals surface area contributed by atoms with Crippen LogP contribution in [-0.2, 0) is 22.4 Å². The van der Waals surface area contributed by atoms with Crippen LogP contribution in [0.4, 0.5) is 5.69 Å². The fourth-order valence-electron chi connectivity index (χ4n) is 3.48. The molecular weight excluding hydrogens is 382 g/mol. The zero-order chi connectivity index (χ0) is 20.4. The maximum atomic E-state index is 13.0. The molecule has 28 heavy (non-hydrogen) atoms. The molecule has 1 saturated heterocycles. The van der Waals surface area contributed by atoms with Crippen molar-refractivity contribution in [1.82, 2.24) is 9.80 Å². The molecule has 2 amide bonds. The van der Waals surface area contributed by atoms with Crippen LogP contribution in [0.5, 0.6) is 0 Å². The highest BCUT2D eigenvalue weighted by atomic mass is 35.5. The molecule has 2 aromatic carbocycles. The highest BCUT2D eigenvalue weighted by molar-refractivity contribution is 6.30. The van der Waals surface area contributed by atoms with Crippen molar-refractivity contribution in [2.45, 2.75) is 24.9 Å². The number of carbonyl (C=O) groups is 2. The quantitative estimate of drug-likeness (QED) is 0.569. The molecule has 8 heteroatoms. The van der Waals surface area contributed by atoms with Crippen LogP contribution in [0.3, 0.4) is 0 Å². The lowest BCUT2D eigenvalue weighted by atomic mass is 9.95. The topological polar surface area (TPSA) is 83.8 Å². The van der Waals surface area contributed by atoms with Gasteiger partial charge in [0.25, 0.3) is 5.69 Å². The molecule has 0 aromatic heterocycles. The maximum absolute atomic E-state index is 13.0. The molecule has 0 spiro atoms. The van der Waals surface area contributed by atoms with Crippen LogP contribution in [0, 0.1) is 10.1 Å². The number of amides is 2. The van der Waals surface area contributed by atoms with Gasteiger partial charge in [-0.15, -0.1) is 0 Å². The zero-order valence-electron chi connectivity index (χ0n) is 15.5. The van der Waals surface area contributed by atoms with Gasteiger partial charge < -0.3 is 9.80 Å². The van der Waals surface area contributed by atoms with Gasteiger partial charge in [-0.2, -0.15) is 0 Å². The predicted molar refractivity (Wildman–Crippen MR) is 105 cm³/mol. The van der Waals surface area contributed by atoms with Gasteiger partial charge in [0.15, 0.2) is 0 Å². The molecular formula is C20H20ClN3O4. The number of nitro benzene ring substituents is 1. The van der Waals surface area contributed by atoms with E-state index in [4.69, 9.17) is 11.6 Å². The van der Waals surface area contributed by atoms with E-state index >= 15 is 0 Å². The third kappa shape index (κ3) is 3.84. The minimum atomic E-state index is -0.801. The van der Waals surface area contributed by atoms with Gasteiger partial charge in [0.2, 0.25) is 11.8 Å². The predicted octanol–water partition coefficient (Wildman–Crippen LogP) is 2.70. The molecule has 2 unspecified atom stereocenters. The number of piperazine rings is 1. The monoisotopic (exact) mass is 401 g/mol. The zero-order valence-corrected chi connectivity index (χ0v) is 16.3. The van der Waals surface area contributed by atoms with Gasteiger partial charge in [-0.1, -0.05) is 48.0 Å². The summed E-state index contributed by atoms with van der Waals surface area (Å²) < 4.78 is 0. The molecule has 1 heterocycles. The number of hydrogen-bond acceptors (Lipinski definition) is 4. The Kier molecular flexibility index (Phi) is 5.65. The number of nitro groups is 1. The van der Waals surface area contributed by atoms with Crippen LogP contribution in [0.1, 0.15) is 11.1 Å². The Bertz CT molecular complexity index is 919. The number of likely N-dealkylation sites (N-methyl/N-ethyl adjacent to an activating group) is 2. The first-order valence-corrected chi connectivity index (χ1v) is 9.17. The van der Waals surface area contributed by atoms with Gasteiger partial charge in [-0.3, -0.25) is 19.7 Å². The fraction of sp³-hybridized carbons (Fsp3) is 0.300. The average molecular weight is 402 g/mol. The van der Waals surface area contributed by atoms with Crippen LogP contribution in [0.2, 0.25) is 5.02 Å². The average Bonchev–Trinajstić information content (AvgIpc) is 2.68.